The number of aryl methyl sites for hydroxylation is 1. The molecule has 0 saturated carbocycles. The number of hydrogen-bond acceptors (Lipinski definition) is 3. The minimum Gasteiger partial charge on any atom is -0.393 e. The molecule has 0 fully saturated rings. The molecule has 2 aromatic rings. The third kappa shape index (κ3) is 2.92. The first kappa shape index (κ1) is 14.1. The van der Waals surface area contributed by atoms with E-state index < -0.39 is 17.8 Å². The van der Waals surface area contributed by atoms with E-state index in [4.69, 9.17) is 0 Å². The summed E-state index contributed by atoms with van der Waals surface area (Å²) in [6, 6.07) is 5.45. The van der Waals surface area contributed by atoms with Crippen LogP contribution >= 0.6 is 0 Å². The molecule has 0 aliphatic carbocycles. The zero-order chi connectivity index (χ0) is 15.0. The van der Waals surface area contributed by atoms with Crippen LogP contribution in [-0.2, 0) is 25.6 Å². The monoisotopic (exact) mass is 297 g/mol. The van der Waals surface area contributed by atoms with Gasteiger partial charge in [-0.05, 0) is 18.1 Å². The highest BCUT2D eigenvalue weighted by atomic mass is 19.4. The van der Waals surface area contributed by atoms with Crippen molar-refractivity contribution in [2.75, 3.05) is 0 Å². The lowest BCUT2D eigenvalue weighted by atomic mass is 10.0. The van der Waals surface area contributed by atoms with E-state index in [9.17, 15) is 18.3 Å². The van der Waals surface area contributed by atoms with Crippen molar-refractivity contribution in [3.05, 3.63) is 47.0 Å². The average molecular weight is 297 g/mol. The molecule has 1 N–H and O–H groups in total. The van der Waals surface area contributed by atoms with Gasteiger partial charge in [0, 0.05) is 19.4 Å². The van der Waals surface area contributed by atoms with Crippen molar-refractivity contribution in [3.8, 4) is 0 Å². The first-order valence-corrected chi connectivity index (χ1v) is 6.69. The summed E-state index contributed by atoms with van der Waals surface area (Å²) in [7, 11) is 0. The Kier molecular flexibility index (Phi) is 3.44. The van der Waals surface area contributed by atoms with Crippen LogP contribution in [0.1, 0.15) is 29.2 Å². The smallest absolute Gasteiger partial charge is 0.393 e. The average Bonchev–Trinajstić information content (AvgIpc) is 2.79. The minimum absolute atomic E-state index is 0.0335. The quantitative estimate of drug-likeness (QED) is 0.924. The molecule has 1 aliphatic heterocycles. The molecular formula is C14H14F3N3O. The van der Waals surface area contributed by atoms with Gasteiger partial charge in [0.2, 0.25) is 0 Å². The molecule has 0 saturated heterocycles. The number of alkyl halides is 3. The lowest BCUT2D eigenvalue weighted by Gasteiger charge is -2.16. The third-order valence-corrected chi connectivity index (χ3v) is 3.56. The molecule has 4 nitrogen and oxygen atoms in total. The molecule has 1 aromatic heterocycles. The second kappa shape index (κ2) is 5.14. The van der Waals surface area contributed by atoms with Crippen molar-refractivity contribution in [1.29, 1.82) is 0 Å². The van der Waals surface area contributed by atoms with Gasteiger partial charge < -0.3 is 5.11 Å². The predicted octanol–water partition coefficient (Wildman–Crippen LogP) is 2.19. The molecule has 7 heteroatoms. The molecule has 0 spiro atoms. The summed E-state index contributed by atoms with van der Waals surface area (Å²) in [4.78, 5) is 4.24. The maximum atomic E-state index is 13.0. The van der Waals surface area contributed by atoms with Crippen LogP contribution in [0.2, 0.25) is 0 Å². The van der Waals surface area contributed by atoms with Crippen LogP contribution in [0.15, 0.2) is 24.3 Å². The zero-order valence-corrected chi connectivity index (χ0v) is 11.1. The molecule has 1 unspecified atom stereocenters. The Bertz CT molecular complexity index is 651. The molecule has 2 heterocycles. The summed E-state index contributed by atoms with van der Waals surface area (Å²) >= 11 is 0. The summed E-state index contributed by atoms with van der Waals surface area (Å²) in [5.74, 6) is 0.990. The number of hydrogen-bond donors (Lipinski definition) is 1. The van der Waals surface area contributed by atoms with Crippen LogP contribution in [0, 0.1) is 0 Å². The summed E-state index contributed by atoms with van der Waals surface area (Å²) < 4.78 is 40.5. The van der Waals surface area contributed by atoms with Crippen LogP contribution in [0.5, 0.6) is 0 Å². The highest BCUT2D eigenvalue weighted by Crippen LogP contribution is 2.32. The van der Waals surface area contributed by atoms with E-state index in [1.54, 1.807) is 10.7 Å². The highest BCUT2D eigenvalue weighted by molar-refractivity contribution is 5.31. The topological polar surface area (TPSA) is 50.9 Å². The first-order valence-electron chi connectivity index (χ1n) is 6.69. The predicted molar refractivity (Wildman–Crippen MR) is 68.6 cm³/mol. The van der Waals surface area contributed by atoms with Gasteiger partial charge in [-0.2, -0.15) is 18.3 Å². The molecule has 0 radical (unpaired) electrons. The van der Waals surface area contributed by atoms with Crippen LogP contribution in [0.3, 0.4) is 0 Å². The standard InChI is InChI=1S/C14H14F3N3O/c15-14(16,17)11-4-2-1-3-9(11)7-12-18-13-8-10(21)5-6-20(13)19-12/h1-4,10,21H,5-8H2. The van der Waals surface area contributed by atoms with Crippen molar-refractivity contribution in [2.45, 2.75) is 38.1 Å². The van der Waals surface area contributed by atoms with Gasteiger partial charge in [-0.15, -0.1) is 0 Å². The highest BCUT2D eigenvalue weighted by Gasteiger charge is 2.33. The minimum atomic E-state index is -4.38. The Morgan fingerprint density at radius 2 is 2.05 bits per heavy atom. The Hall–Kier alpha value is -1.89. The van der Waals surface area contributed by atoms with Crippen molar-refractivity contribution in [2.24, 2.45) is 0 Å². The second-order valence-corrected chi connectivity index (χ2v) is 5.15. The van der Waals surface area contributed by atoms with Gasteiger partial charge >= 0.3 is 6.18 Å². The Labute approximate surface area is 119 Å². The van der Waals surface area contributed by atoms with Gasteiger partial charge in [0.1, 0.15) is 5.82 Å². The number of halogens is 3. The normalized spacial score (nSPS) is 18.6. The third-order valence-electron chi connectivity index (χ3n) is 3.56. The van der Waals surface area contributed by atoms with E-state index in [2.05, 4.69) is 10.1 Å². The lowest BCUT2D eigenvalue weighted by molar-refractivity contribution is -0.138. The van der Waals surface area contributed by atoms with E-state index in [1.165, 1.54) is 12.1 Å². The fraction of sp³-hybridized carbons (Fsp3) is 0.429. The number of aromatic nitrogens is 3. The molecule has 1 atom stereocenters. The molecule has 1 aliphatic rings. The summed E-state index contributed by atoms with van der Waals surface area (Å²) in [5.41, 5.74) is -0.494. The van der Waals surface area contributed by atoms with Gasteiger partial charge in [-0.1, -0.05) is 18.2 Å². The van der Waals surface area contributed by atoms with Crippen LogP contribution in [0.25, 0.3) is 0 Å². The molecule has 1 aromatic carbocycles. The van der Waals surface area contributed by atoms with Crippen LogP contribution in [-0.4, -0.2) is 26.0 Å². The van der Waals surface area contributed by atoms with E-state index in [0.717, 1.165) is 6.07 Å². The fourth-order valence-electron chi connectivity index (χ4n) is 2.54. The molecule has 112 valence electrons. The SMILES string of the molecule is OC1CCn2nc(Cc3ccccc3C(F)(F)F)nc2C1. The number of aliphatic hydroxyl groups is 1. The van der Waals surface area contributed by atoms with Crippen molar-refractivity contribution >= 4 is 0 Å². The Balaban J connectivity index is 1.88. The Morgan fingerprint density at radius 1 is 1.29 bits per heavy atom. The Morgan fingerprint density at radius 3 is 2.81 bits per heavy atom. The number of nitrogens with zero attached hydrogens (tertiary/aromatic N) is 3. The number of rotatable bonds is 2. The van der Waals surface area contributed by atoms with E-state index in [-0.39, 0.29) is 12.0 Å². The number of benzene rings is 1. The number of fused-ring (bicyclic) bond motifs is 1. The largest absolute Gasteiger partial charge is 0.416 e. The molecular weight excluding hydrogens is 283 g/mol. The second-order valence-electron chi connectivity index (χ2n) is 5.15. The first-order chi connectivity index (χ1) is 9.93. The maximum Gasteiger partial charge on any atom is 0.416 e. The maximum absolute atomic E-state index is 13.0. The van der Waals surface area contributed by atoms with Gasteiger partial charge in [0.05, 0.1) is 11.7 Å². The van der Waals surface area contributed by atoms with E-state index in [0.29, 0.717) is 31.0 Å². The van der Waals surface area contributed by atoms with Crippen molar-refractivity contribution in [1.82, 2.24) is 14.8 Å². The summed E-state index contributed by atoms with van der Waals surface area (Å²) in [6.45, 7) is 0.546. The van der Waals surface area contributed by atoms with Gasteiger partial charge in [-0.3, -0.25) is 0 Å². The zero-order valence-electron chi connectivity index (χ0n) is 11.1. The van der Waals surface area contributed by atoms with Gasteiger partial charge in [0.25, 0.3) is 0 Å². The van der Waals surface area contributed by atoms with E-state index >= 15 is 0 Å². The van der Waals surface area contributed by atoms with Gasteiger partial charge in [0.15, 0.2) is 5.82 Å². The lowest BCUT2D eigenvalue weighted by Crippen LogP contribution is -2.23. The summed E-state index contributed by atoms with van der Waals surface area (Å²) in [5, 5.41) is 13.8. The molecule has 3 rings (SSSR count). The van der Waals surface area contributed by atoms with Crippen molar-refractivity contribution in [3.63, 3.8) is 0 Å². The van der Waals surface area contributed by atoms with Gasteiger partial charge in [-0.25, -0.2) is 9.67 Å². The van der Waals surface area contributed by atoms with Crippen LogP contribution < -0.4 is 0 Å². The molecule has 21 heavy (non-hydrogen) atoms. The van der Waals surface area contributed by atoms with E-state index in [1.807, 2.05) is 0 Å². The summed E-state index contributed by atoms with van der Waals surface area (Å²) in [6.07, 6.45) is -3.81. The molecule has 0 amide bonds. The van der Waals surface area contributed by atoms with Crippen molar-refractivity contribution < 1.29 is 18.3 Å². The molecule has 0 bridgehead atoms. The fourth-order valence-corrected chi connectivity index (χ4v) is 2.54. The number of aliphatic hydroxyl groups excluding tert-OH is 1. The van der Waals surface area contributed by atoms with Crippen LogP contribution in [0.4, 0.5) is 13.2 Å².